The number of fused-ring (bicyclic) bond motifs is 4. The third kappa shape index (κ3) is 2.87. The fraction of sp³-hybridized carbons (Fsp3) is 0.217. The summed E-state index contributed by atoms with van der Waals surface area (Å²) in [6.07, 6.45) is 4.34. The summed E-state index contributed by atoms with van der Waals surface area (Å²) in [5.74, 6) is 0. The number of aromatic amines is 1. The Kier molecular flexibility index (Phi) is 3.89. The van der Waals surface area contributed by atoms with Crippen molar-refractivity contribution in [2.24, 2.45) is 4.99 Å². The molecule has 1 aliphatic heterocycles. The summed E-state index contributed by atoms with van der Waals surface area (Å²) in [5.41, 5.74) is 4.99. The summed E-state index contributed by atoms with van der Waals surface area (Å²) >= 11 is 0. The van der Waals surface area contributed by atoms with Crippen LogP contribution < -0.4 is 15.2 Å². The zero-order valence-corrected chi connectivity index (χ0v) is 15.2. The van der Waals surface area contributed by atoms with Gasteiger partial charge in [-0.1, -0.05) is 18.2 Å². The molecular weight excluding hydrogens is 334 g/mol. The minimum atomic E-state index is 0.618. The molecule has 0 bridgehead atoms. The first-order valence-electron chi connectivity index (χ1n) is 9.51. The normalized spacial score (nSPS) is 15.3. The Hall–Kier alpha value is -3.14. The molecular formula is C23H22N3O+. The van der Waals surface area contributed by atoms with Gasteiger partial charge >= 0.3 is 0 Å². The van der Waals surface area contributed by atoms with Crippen LogP contribution in [0.15, 0.2) is 70.6 Å². The molecule has 134 valence electrons. The summed E-state index contributed by atoms with van der Waals surface area (Å²) in [6.45, 7) is 6.62. The Morgan fingerprint density at radius 2 is 1.89 bits per heavy atom. The minimum Gasteiger partial charge on any atom is -0.443 e. The van der Waals surface area contributed by atoms with Crippen molar-refractivity contribution in [3.05, 3.63) is 66.5 Å². The largest absolute Gasteiger partial charge is 0.443 e. The summed E-state index contributed by atoms with van der Waals surface area (Å²) in [5, 5.41) is 3.24. The molecule has 1 N–H and O–H groups in total. The molecule has 2 heterocycles. The zero-order valence-electron chi connectivity index (χ0n) is 15.2. The Morgan fingerprint density at radius 1 is 1.04 bits per heavy atom. The van der Waals surface area contributed by atoms with Gasteiger partial charge in [-0.25, -0.2) is 0 Å². The molecule has 0 unspecified atom stereocenters. The van der Waals surface area contributed by atoms with Gasteiger partial charge in [-0.2, -0.15) is 4.98 Å². The molecule has 27 heavy (non-hydrogen) atoms. The van der Waals surface area contributed by atoms with Crippen LogP contribution >= 0.6 is 0 Å². The molecule has 0 saturated carbocycles. The molecule has 0 spiro atoms. The van der Waals surface area contributed by atoms with E-state index in [1.807, 2.05) is 12.1 Å². The number of nitrogens with one attached hydrogen (secondary N) is 1. The molecule has 1 aromatic heterocycles. The maximum absolute atomic E-state index is 6.27. The van der Waals surface area contributed by atoms with E-state index in [0.29, 0.717) is 6.54 Å². The van der Waals surface area contributed by atoms with E-state index in [2.05, 4.69) is 57.9 Å². The number of anilines is 1. The van der Waals surface area contributed by atoms with Gasteiger partial charge in [-0.3, -0.25) is 4.99 Å². The molecule has 1 saturated heterocycles. The third-order valence-electron chi connectivity index (χ3n) is 5.29. The van der Waals surface area contributed by atoms with Crippen LogP contribution in [-0.2, 0) is 0 Å². The molecule has 4 nitrogen and oxygen atoms in total. The summed E-state index contributed by atoms with van der Waals surface area (Å²) in [6, 6.07) is 16.8. The number of benzene rings is 3. The van der Waals surface area contributed by atoms with Crippen molar-refractivity contribution in [3.8, 4) is 0 Å². The monoisotopic (exact) mass is 356 g/mol. The topological polar surface area (TPSA) is 42.9 Å². The third-order valence-corrected chi connectivity index (χ3v) is 5.29. The van der Waals surface area contributed by atoms with Gasteiger partial charge in [-0.05, 0) is 42.5 Å². The summed E-state index contributed by atoms with van der Waals surface area (Å²) in [4.78, 5) is 10.5. The lowest BCUT2D eigenvalue weighted by atomic mass is 10.1. The van der Waals surface area contributed by atoms with Gasteiger partial charge in [0.1, 0.15) is 0 Å². The second-order valence-electron chi connectivity index (χ2n) is 7.08. The van der Waals surface area contributed by atoms with Gasteiger partial charge in [0.2, 0.25) is 11.1 Å². The highest BCUT2D eigenvalue weighted by Crippen LogP contribution is 2.27. The Labute approximate surface area is 157 Å². The highest BCUT2D eigenvalue weighted by molar-refractivity contribution is 6.02. The number of hydrogen-bond acceptors (Lipinski definition) is 3. The van der Waals surface area contributed by atoms with E-state index in [9.17, 15) is 0 Å². The van der Waals surface area contributed by atoms with Gasteiger partial charge in [0, 0.05) is 30.9 Å². The lowest BCUT2D eigenvalue weighted by molar-refractivity contribution is -0.310. The van der Waals surface area contributed by atoms with E-state index in [1.165, 1.54) is 23.9 Å². The van der Waals surface area contributed by atoms with Crippen LogP contribution in [0, 0.1) is 0 Å². The quantitative estimate of drug-likeness (QED) is 0.313. The summed E-state index contributed by atoms with van der Waals surface area (Å²) < 4.78 is 6.27. The number of rotatable bonds is 3. The highest BCUT2D eigenvalue weighted by Gasteiger charge is 2.16. The van der Waals surface area contributed by atoms with Crippen LogP contribution in [0.1, 0.15) is 12.8 Å². The number of nitrogens with zero attached hydrogens (tertiary/aromatic N) is 2. The first kappa shape index (κ1) is 16.1. The lowest BCUT2D eigenvalue weighted by Crippen LogP contribution is -2.17. The number of H-pyrrole nitrogens is 1. The van der Waals surface area contributed by atoms with Crippen molar-refractivity contribution >= 4 is 38.7 Å². The fourth-order valence-corrected chi connectivity index (χ4v) is 3.89. The van der Waals surface area contributed by atoms with Crippen molar-refractivity contribution in [3.63, 3.8) is 0 Å². The predicted octanol–water partition coefficient (Wildman–Crippen LogP) is 4.24. The zero-order chi connectivity index (χ0) is 18.2. The van der Waals surface area contributed by atoms with Crippen molar-refractivity contribution in [2.75, 3.05) is 24.5 Å². The predicted molar refractivity (Wildman–Crippen MR) is 110 cm³/mol. The smallest absolute Gasteiger partial charge is 0.255 e. The molecule has 1 aliphatic rings. The Bertz CT molecular complexity index is 1230. The van der Waals surface area contributed by atoms with Gasteiger partial charge in [0.25, 0.3) is 5.52 Å². The highest BCUT2D eigenvalue weighted by atomic mass is 16.3. The fourth-order valence-electron chi connectivity index (χ4n) is 3.89. The van der Waals surface area contributed by atoms with Crippen LogP contribution in [0.25, 0.3) is 33.0 Å². The average molecular weight is 356 g/mol. The van der Waals surface area contributed by atoms with Crippen LogP contribution in [0.4, 0.5) is 5.69 Å². The van der Waals surface area contributed by atoms with Crippen molar-refractivity contribution in [1.82, 2.24) is 0 Å². The van der Waals surface area contributed by atoms with Crippen LogP contribution in [-0.4, -0.2) is 19.6 Å². The van der Waals surface area contributed by atoms with Crippen molar-refractivity contribution < 1.29 is 9.40 Å². The van der Waals surface area contributed by atoms with Gasteiger partial charge < -0.3 is 9.32 Å². The molecule has 0 aliphatic carbocycles. The van der Waals surface area contributed by atoms with E-state index in [0.717, 1.165) is 46.0 Å². The van der Waals surface area contributed by atoms with E-state index in [1.54, 1.807) is 6.08 Å². The van der Waals surface area contributed by atoms with Gasteiger partial charge in [-0.15, -0.1) is 6.58 Å². The summed E-state index contributed by atoms with van der Waals surface area (Å²) in [7, 11) is 0. The lowest BCUT2D eigenvalue weighted by Gasteiger charge is -2.16. The number of hydrogen-bond donors (Lipinski definition) is 0. The standard InChI is InChI=1S/C23H21N3O/c1-2-11-24-17-7-5-16-6-10-21-23(19(16)14-17)25-20-9-8-18(15-22(20)27-21)26-12-3-4-13-26/h2,5-10,14-15H,1,3-4,11-13H2/p+1. The van der Waals surface area contributed by atoms with Crippen LogP contribution in [0.5, 0.6) is 0 Å². The van der Waals surface area contributed by atoms with Crippen LogP contribution in [0.3, 0.4) is 0 Å². The van der Waals surface area contributed by atoms with E-state index >= 15 is 0 Å². The second-order valence-corrected chi connectivity index (χ2v) is 7.08. The minimum absolute atomic E-state index is 0.618. The maximum atomic E-state index is 6.27. The van der Waals surface area contributed by atoms with E-state index < -0.39 is 0 Å². The first-order chi connectivity index (χ1) is 13.3. The van der Waals surface area contributed by atoms with Crippen molar-refractivity contribution in [1.29, 1.82) is 0 Å². The molecule has 0 atom stereocenters. The van der Waals surface area contributed by atoms with E-state index in [4.69, 9.17) is 4.42 Å². The maximum Gasteiger partial charge on any atom is 0.255 e. The SMILES string of the molecule is C=CCN=c1ccc2ccc3oc4cc(N5CCCC5)ccc4[nH+]c3c2c1. The van der Waals surface area contributed by atoms with Gasteiger partial charge in [0.05, 0.1) is 17.3 Å². The first-order valence-corrected chi connectivity index (χ1v) is 9.51. The average Bonchev–Trinajstić information content (AvgIpc) is 3.25. The molecule has 0 radical (unpaired) electrons. The van der Waals surface area contributed by atoms with E-state index in [-0.39, 0.29) is 0 Å². The van der Waals surface area contributed by atoms with Gasteiger partial charge in [0.15, 0.2) is 5.58 Å². The molecule has 4 heteroatoms. The van der Waals surface area contributed by atoms with Crippen LogP contribution in [0.2, 0.25) is 0 Å². The molecule has 3 aromatic carbocycles. The number of aromatic nitrogens is 1. The Morgan fingerprint density at radius 3 is 2.74 bits per heavy atom. The molecule has 1 fully saturated rings. The molecule has 4 aromatic rings. The molecule has 0 amide bonds. The Balaban J connectivity index is 1.71. The van der Waals surface area contributed by atoms with Crippen molar-refractivity contribution in [2.45, 2.75) is 12.8 Å². The second kappa shape index (κ2) is 6.54. The molecule has 5 rings (SSSR count).